The molecule has 0 aliphatic heterocycles. The summed E-state index contributed by atoms with van der Waals surface area (Å²) < 4.78 is 0. The molecular formula is C13H14N4O. The molecule has 0 radical (unpaired) electrons. The van der Waals surface area contributed by atoms with Crippen LogP contribution < -0.4 is 16.6 Å². The molecule has 1 heterocycles. The molecule has 0 spiro atoms. The lowest BCUT2D eigenvalue weighted by Crippen LogP contribution is -2.14. The van der Waals surface area contributed by atoms with Crippen LogP contribution in [0.15, 0.2) is 42.7 Å². The molecule has 4 N–H and O–H groups in total. The number of benzene rings is 1. The van der Waals surface area contributed by atoms with Crippen LogP contribution in [0.2, 0.25) is 0 Å². The number of aromatic nitrogens is 1. The molecule has 0 aliphatic rings. The fraction of sp³-hybridized carbons (Fsp3) is 0.0769. The average molecular weight is 242 g/mol. The SMILES string of the molecule is Cc1cc(NN)ccc1C(=O)Nc1cccnc1. The van der Waals surface area contributed by atoms with Crippen molar-refractivity contribution < 1.29 is 4.79 Å². The quantitative estimate of drug-likeness (QED) is 0.567. The minimum absolute atomic E-state index is 0.163. The number of nitrogen functional groups attached to an aromatic ring is 1. The molecule has 0 unspecified atom stereocenters. The monoisotopic (exact) mass is 242 g/mol. The van der Waals surface area contributed by atoms with Crippen LogP contribution in [0.25, 0.3) is 0 Å². The average Bonchev–Trinajstić information content (AvgIpc) is 2.39. The van der Waals surface area contributed by atoms with E-state index in [2.05, 4.69) is 15.7 Å². The second kappa shape index (κ2) is 5.29. The van der Waals surface area contributed by atoms with E-state index >= 15 is 0 Å². The first-order valence-electron chi connectivity index (χ1n) is 5.49. The number of anilines is 2. The maximum atomic E-state index is 12.0. The van der Waals surface area contributed by atoms with Crippen LogP contribution in [0.3, 0.4) is 0 Å². The topological polar surface area (TPSA) is 80.0 Å². The zero-order chi connectivity index (χ0) is 13.0. The fourth-order valence-corrected chi connectivity index (χ4v) is 1.64. The standard InChI is InChI=1S/C13H14N4O/c1-9-7-10(17-14)4-5-12(9)13(18)16-11-3-2-6-15-8-11/h2-8,17H,14H2,1H3,(H,16,18). The highest BCUT2D eigenvalue weighted by atomic mass is 16.1. The van der Waals surface area contributed by atoms with Crippen LogP contribution in [0, 0.1) is 6.92 Å². The zero-order valence-electron chi connectivity index (χ0n) is 9.97. The number of carbonyl (C=O) groups excluding carboxylic acids is 1. The highest BCUT2D eigenvalue weighted by Crippen LogP contribution is 2.16. The highest BCUT2D eigenvalue weighted by Gasteiger charge is 2.09. The van der Waals surface area contributed by atoms with E-state index in [-0.39, 0.29) is 5.91 Å². The lowest BCUT2D eigenvalue weighted by molar-refractivity contribution is 0.102. The predicted molar refractivity (Wildman–Crippen MR) is 71.2 cm³/mol. The summed E-state index contributed by atoms with van der Waals surface area (Å²) in [4.78, 5) is 16.0. The normalized spacial score (nSPS) is 9.89. The predicted octanol–water partition coefficient (Wildman–Crippen LogP) is 1.93. The summed E-state index contributed by atoms with van der Waals surface area (Å²) in [5.41, 5.74) is 5.44. The number of amides is 1. The fourth-order valence-electron chi connectivity index (χ4n) is 1.64. The number of nitrogens with two attached hydrogens (primary N) is 1. The van der Waals surface area contributed by atoms with Gasteiger partial charge >= 0.3 is 0 Å². The molecule has 0 aliphatic carbocycles. The number of pyridine rings is 1. The van der Waals surface area contributed by atoms with Gasteiger partial charge in [-0.15, -0.1) is 0 Å². The van der Waals surface area contributed by atoms with Gasteiger partial charge in [-0.05, 0) is 42.8 Å². The maximum Gasteiger partial charge on any atom is 0.255 e. The molecule has 1 aromatic heterocycles. The molecule has 18 heavy (non-hydrogen) atoms. The molecule has 1 aromatic carbocycles. The van der Waals surface area contributed by atoms with Crippen molar-refractivity contribution in [2.75, 3.05) is 10.7 Å². The van der Waals surface area contributed by atoms with Gasteiger partial charge in [-0.25, -0.2) is 0 Å². The van der Waals surface area contributed by atoms with E-state index in [0.29, 0.717) is 11.3 Å². The van der Waals surface area contributed by atoms with Gasteiger partial charge in [0, 0.05) is 17.4 Å². The van der Waals surface area contributed by atoms with Gasteiger partial charge in [-0.1, -0.05) is 0 Å². The van der Waals surface area contributed by atoms with Crippen molar-refractivity contribution in [1.29, 1.82) is 0 Å². The Morgan fingerprint density at radius 1 is 1.28 bits per heavy atom. The van der Waals surface area contributed by atoms with Gasteiger partial charge in [-0.2, -0.15) is 0 Å². The number of carbonyl (C=O) groups is 1. The van der Waals surface area contributed by atoms with Gasteiger partial charge < -0.3 is 10.7 Å². The molecule has 0 atom stereocenters. The molecule has 0 saturated heterocycles. The first kappa shape index (κ1) is 12.1. The molecule has 5 heteroatoms. The Labute approximate surface area is 105 Å². The van der Waals surface area contributed by atoms with Gasteiger partial charge in [0.2, 0.25) is 0 Å². The molecule has 0 bridgehead atoms. The van der Waals surface area contributed by atoms with Crippen LogP contribution in [0.5, 0.6) is 0 Å². The van der Waals surface area contributed by atoms with Gasteiger partial charge in [0.05, 0.1) is 11.9 Å². The van der Waals surface area contributed by atoms with Crippen LogP contribution >= 0.6 is 0 Å². The number of rotatable bonds is 3. The minimum atomic E-state index is -0.163. The van der Waals surface area contributed by atoms with Crippen molar-refractivity contribution in [1.82, 2.24) is 4.98 Å². The molecule has 5 nitrogen and oxygen atoms in total. The third-order valence-corrected chi connectivity index (χ3v) is 2.56. The Hall–Kier alpha value is -2.40. The summed E-state index contributed by atoms with van der Waals surface area (Å²) in [5, 5.41) is 2.78. The summed E-state index contributed by atoms with van der Waals surface area (Å²) in [6.07, 6.45) is 3.26. The number of hydrazine groups is 1. The lowest BCUT2D eigenvalue weighted by atomic mass is 10.1. The van der Waals surface area contributed by atoms with Crippen molar-refractivity contribution in [2.24, 2.45) is 5.84 Å². The van der Waals surface area contributed by atoms with Gasteiger partial charge in [-0.3, -0.25) is 15.6 Å². The van der Waals surface area contributed by atoms with Crippen LogP contribution in [0.4, 0.5) is 11.4 Å². The molecule has 0 saturated carbocycles. The van der Waals surface area contributed by atoms with E-state index < -0.39 is 0 Å². The van der Waals surface area contributed by atoms with E-state index in [0.717, 1.165) is 11.3 Å². The number of nitrogens with zero attached hydrogens (tertiary/aromatic N) is 1. The first-order chi connectivity index (χ1) is 8.70. The third kappa shape index (κ3) is 2.64. The summed E-state index contributed by atoms with van der Waals surface area (Å²) >= 11 is 0. The number of aryl methyl sites for hydroxylation is 1. The second-order valence-electron chi connectivity index (χ2n) is 3.87. The molecule has 0 fully saturated rings. The Morgan fingerprint density at radius 2 is 2.11 bits per heavy atom. The molecule has 2 rings (SSSR count). The largest absolute Gasteiger partial charge is 0.324 e. The van der Waals surface area contributed by atoms with Gasteiger partial charge in [0.15, 0.2) is 0 Å². The van der Waals surface area contributed by atoms with Crippen LogP contribution in [-0.4, -0.2) is 10.9 Å². The number of hydrogen-bond acceptors (Lipinski definition) is 4. The van der Waals surface area contributed by atoms with Crippen molar-refractivity contribution >= 4 is 17.3 Å². The van der Waals surface area contributed by atoms with Gasteiger partial charge in [0.1, 0.15) is 0 Å². The zero-order valence-corrected chi connectivity index (χ0v) is 9.97. The summed E-state index contributed by atoms with van der Waals surface area (Å²) in [5.74, 6) is 5.15. The first-order valence-corrected chi connectivity index (χ1v) is 5.49. The summed E-state index contributed by atoms with van der Waals surface area (Å²) in [6.45, 7) is 1.86. The Bertz CT molecular complexity index is 554. The second-order valence-corrected chi connectivity index (χ2v) is 3.87. The molecule has 1 amide bonds. The van der Waals surface area contributed by atoms with Crippen molar-refractivity contribution in [3.05, 3.63) is 53.9 Å². The van der Waals surface area contributed by atoms with E-state index in [1.54, 1.807) is 36.7 Å². The lowest BCUT2D eigenvalue weighted by Gasteiger charge is -2.09. The van der Waals surface area contributed by atoms with E-state index in [4.69, 9.17) is 5.84 Å². The minimum Gasteiger partial charge on any atom is -0.324 e. The number of hydrogen-bond donors (Lipinski definition) is 3. The van der Waals surface area contributed by atoms with Crippen molar-refractivity contribution in [3.8, 4) is 0 Å². The summed E-state index contributed by atoms with van der Waals surface area (Å²) in [7, 11) is 0. The van der Waals surface area contributed by atoms with Gasteiger partial charge in [0.25, 0.3) is 5.91 Å². The van der Waals surface area contributed by atoms with E-state index in [1.807, 2.05) is 13.0 Å². The van der Waals surface area contributed by atoms with E-state index in [9.17, 15) is 4.79 Å². The van der Waals surface area contributed by atoms with Crippen molar-refractivity contribution in [3.63, 3.8) is 0 Å². The highest BCUT2D eigenvalue weighted by molar-refractivity contribution is 6.05. The van der Waals surface area contributed by atoms with Crippen LogP contribution in [-0.2, 0) is 0 Å². The number of nitrogens with one attached hydrogen (secondary N) is 2. The third-order valence-electron chi connectivity index (χ3n) is 2.56. The Balaban J connectivity index is 2.19. The maximum absolute atomic E-state index is 12.0. The molecule has 2 aromatic rings. The van der Waals surface area contributed by atoms with Crippen molar-refractivity contribution in [2.45, 2.75) is 6.92 Å². The smallest absolute Gasteiger partial charge is 0.255 e. The molecule has 92 valence electrons. The summed E-state index contributed by atoms with van der Waals surface area (Å²) in [6, 6.07) is 8.86. The Kier molecular flexibility index (Phi) is 3.54. The molecular weight excluding hydrogens is 228 g/mol. The Morgan fingerprint density at radius 3 is 2.72 bits per heavy atom. The van der Waals surface area contributed by atoms with E-state index in [1.165, 1.54) is 0 Å². The van der Waals surface area contributed by atoms with Crippen LogP contribution in [0.1, 0.15) is 15.9 Å².